The normalized spacial score (nSPS) is 10.6. The summed E-state index contributed by atoms with van der Waals surface area (Å²) in [7, 11) is 3.13. The lowest BCUT2D eigenvalue weighted by molar-refractivity contribution is 0.102. The number of rotatable bonds is 6. The summed E-state index contributed by atoms with van der Waals surface area (Å²) in [5.41, 5.74) is 2.96. The fourth-order valence-electron chi connectivity index (χ4n) is 3.27. The fraction of sp³-hybridized carbons (Fsp3) is 0.130. The van der Waals surface area contributed by atoms with Gasteiger partial charge in [0.05, 0.1) is 31.8 Å². The second kappa shape index (κ2) is 8.16. The number of aryl methyl sites for hydroxylation is 1. The summed E-state index contributed by atoms with van der Waals surface area (Å²) < 4.78 is 14.2. The Labute approximate surface area is 174 Å². The number of aromatic nitrogens is 3. The highest BCUT2D eigenvalue weighted by atomic mass is 16.5. The minimum absolute atomic E-state index is 0.291. The van der Waals surface area contributed by atoms with Gasteiger partial charge >= 0.3 is 0 Å². The average Bonchev–Trinajstić information content (AvgIpc) is 3.43. The number of benzene rings is 2. The Kier molecular flexibility index (Phi) is 5.26. The van der Waals surface area contributed by atoms with Gasteiger partial charge in [0.15, 0.2) is 5.82 Å². The lowest BCUT2D eigenvalue weighted by Gasteiger charge is -2.13. The molecule has 0 aliphatic heterocycles. The Morgan fingerprint density at radius 1 is 1.00 bits per heavy atom. The number of carbonyl (C=O) groups is 1. The first-order chi connectivity index (χ1) is 14.6. The van der Waals surface area contributed by atoms with Crippen LogP contribution in [0, 0.1) is 6.92 Å². The van der Waals surface area contributed by atoms with Crippen LogP contribution in [0.3, 0.4) is 0 Å². The number of methoxy groups -OCH3 is 2. The molecule has 2 aromatic heterocycles. The van der Waals surface area contributed by atoms with Gasteiger partial charge in [-0.15, -0.1) is 0 Å². The van der Waals surface area contributed by atoms with Crippen molar-refractivity contribution in [2.24, 2.45) is 0 Å². The van der Waals surface area contributed by atoms with Gasteiger partial charge < -0.3 is 19.4 Å². The molecular formula is C23H22N4O3. The van der Waals surface area contributed by atoms with Gasteiger partial charge in [0.2, 0.25) is 0 Å². The first-order valence-electron chi connectivity index (χ1n) is 9.42. The zero-order valence-electron chi connectivity index (χ0n) is 17.0. The summed E-state index contributed by atoms with van der Waals surface area (Å²) in [6.45, 7) is 2.02. The summed E-state index contributed by atoms with van der Waals surface area (Å²) in [5.74, 6) is 1.51. The largest absolute Gasteiger partial charge is 0.497 e. The predicted molar refractivity (Wildman–Crippen MR) is 115 cm³/mol. The van der Waals surface area contributed by atoms with Gasteiger partial charge in [0, 0.05) is 18.5 Å². The summed E-state index contributed by atoms with van der Waals surface area (Å²) in [6, 6.07) is 17.0. The van der Waals surface area contributed by atoms with Gasteiger partial charge in [-0.05, 0) is 48.9 Å². The van der Waals surface area contributed by atoms with Crippen molar-refractivity contribution in [1.82, 2.24) is 14.3 Å². The molecule has 152 valence electrons. The highest BCUT2D eigenvalue weighted by Gasteiger charge is 2.21. The maximum absolute atomic E-state index is 13.2. The van der Waals surface area contributed by atoms with Crippen LogP contribution in [0.2, 0.25) is 0 Å². The molecule has 0 atom stereocenters. The molecule has 0 aliphatic carbocycles. The van der Waals surface area contributed by atoms with Crippen LogP contribution >= 0.6 is 0 Å². The van der Waals surface area contributed by atoms with Crippen molar-refractivity contribution in [3.63, 3.8) is 0 Å². The third kappa shape index (κ3) is 3.65. The van der Waals surface area contributed by atoms with Crippen molar-refractivity contribution in [3.05, 3.63) is 84.3 Å². The molecule has 2 heterocycles. The predicted octanol–water partition coefficient (Wildman–Crippen LogP) is 4.24. The van der Waals surface area contributed by atoms with E-state index < -0.39 is 0 Å². The number of nitrogens with zero attached hydrogens (tertiary/aromatic N) is 3. The Bertz CT molecular complexity index is 1180. The van der Waals surface area contributed by atoms with E-state index >= 15 is 0 Å². The van der Waals surface area contributed by atoms with Crippen molar-refractivity contribution in [3.8, 4) is 23.0 Å². The summed E-state index contributed by atoms with van der Waals surface area (Å²) >= 11 is 0. The molecule has 0 saturated carbocycles. The molecule has 0 unspecified atom stereocenters. The molecule has 0 saturated heterocycles. The topological polar surface area (TPSA) is 70.3 Å². The molecule has 4 aromatic rings. The summed E-state index contributed by atoms with van der Waals surface area (Å²) in [6.07, 6.45) is 5.34. The lowest BCUT2D eigenvalue weighted by atomic mass is 10.2. The van der Waals surface area contributed by atoms with Crippen molar-refractivity contribution < 1.29 is 14.3 Å². The van der Waals surface area contributed by atoms with Gasteiger partial charge in [-0.25, -0.2) is 4.68 Å². The number of amides is 1. The molecule has 7 nitrogen and oxygen atoms in total. The summed E-state index contributed by atoms with van der Waals surface area (Å²) in [5, 5.41) is 7.42. The van der Waals surface area contributed by atoms with E-state index in [0.29, 0.717) is 28.6 Å². The molecule has 0 bridgehead atoms. The van der Waals surface area contributed by atoms with Crippen LogP contribution in [-0.2, 0) is 0 Å². The molecule has 0 fully saturated rings. The second-order valence-electron chi connectivity index (χ2n) is 6.74. The van der Waals surface area contributed by atoms with Crippen LogP contribution in [0.25, 0.3) is 11.5 Å². The van der Waals surface area contributed by atoms with Crippen molar-refractivity contribution in [2.75, 3.05) is 19.5 Å². The molecule has 4 rings (SSSR count). The number of anilines is 1. The van der Waals surface area contributed by atoms with Gasteiger partial charge in [0.1, 0.15) is 17.1 Å². The van der Waals surface area contributed by atoms with Crippen LogP contribution in [0.15, 0.2) is 73.2 Å². The number of nitrogens with one attached hydrogen (secondary N) is 1. The van der Waals surface area contributed by atoms with Crippen molar-refractivity contribution >= 4 is 11.6 Å². The standard InChI is InChI=1S/C23H22N4O3/c1-16-7-6-8-17(13-16)27-23(26-11-4-5-12-26)19(15-24-27)22(28)25-20-10-9-18(29-2)14-21(20)30-3/h4-15H,1-3H3,(H,25,28). The first kappa shape index (κ1) is 19.3. The monoisotopic (exact) mass is 402 g/mol. The van der Waals surface area contributed by atoms with Gasteiger partial charge in [-0.1, -0.05) is 12.1 Å². The SMILES string of the molecule is COc1ccc(NC(=O)c2cnn(-c3cccc(C)c3)c2-n2cccc2)c(OC)c1. The van der Waals surface area contributed by atoms with Gasteiger partial charge in [-0.3, -0.25) is 4.79 Å². The molecule has 2 aromatic carbocycles. The second-order valence-corrected chi connectivity index (χ2v) is 6.74. The summed E-state index contributed by atoms with van der Waals surface area (Å²) in [4.78, 5) is 13.2. The third-order valence-electron chi connectivity index (χ3n) is 4.74. The van der Waals surface area contributed by atoms with Crippen molar-refractivity contribution in [1.29, 1.82) is 0 Å². The number of hydrogen-bond acceptors (Lipinski definition) is 4. The highest BCUT2D eigenvalue weighted by Crippen LogP contribution is 2.30. The molecular weight excluding hydrogens is 380 g/mol. The quantitative estimate of drug-likeness (QED) is 0.524. The Morgan fingerprint density at radius 3 is 2.50 bits per heavy atom. The molecule has 0 spiro atoms. The Hall–Kier alpha value is -4.00. The van der Waals surface area contributed by atoms with Crippen LogP contribution in [-0.4, -0.2) is 34.5 Å². The highest BCUT2D eigenvalue weighted by molar-refractivity contribution is 6.07. The van der Waals surface area contributed by atoms with Gasteiger partial charge in [-0.2, -0.15) is 5.10 Å². The van der Waals surface area contributed by atoms with Crippen molar-refractivity contribution in [2.45, 2.75) is 6.92 Å². The van der Waals surface area contributed by atoms with E-state index in [1.807, 2.05) is 60.3 Å². The molecule has 30 heavy (non-hydrogen) atoms. The van der Waals surface area contributed by atoms with E-state index in [-0.39, 0.29) is 5.91 Å². The van der Waals surface area contributed by atoms with Crippen LogP contribution < -0.4 is 14.8 Å². The van der Waals surface area contributed by atoms with Gasteiger partial charge in [0.25, 0.3) is 5.91 Å². The van der Waals surface area contributed by atoms with Crippen LogP contribution in [0.1, 0.15) is 15.9 Å². The minimum Gasteiger partial charge on any atom is -0.497 e. The zero-order valence-corrected chi connectivity index (χ0v) is 17.0. The molecule has 1 N–H and O–H groups in total. The van der Waals surface area contributed by atoms with Crippen LogP contribution in [0.4, 0.5) is 5.69 Å². The Balaban J connectivity index is 1.75. The van der Waals surface area contributed by atoms with E-state index in [1.165, 1.54) is 0 Å². The lowest BCUT2D eigenvalue weighted by Crippen LogP contribution is -2.16. The van der Waals surface area contributed by atoms with E-state index in [0.717, 1.165) is 11.3 Å². The van der Waals surface area contributed by atoms with E-state index in [4.69, 9.17) is 9.47 Å². The van der Waals surface area contributed by atoms with E-state index in [2.05, 4.69) is 10.4 Å². The zero-order chi connectivity index (χ0) is 21.1. The van der Waals surface area contributed by atoms with E-state index in [1.54, 1.807) is 43.3 Å². The molecule has 0 radical (unpaired) electrons. The maximum Gasteiger partial charge on any atom is 0.261 e. The fourth-order valence-corrected chi connectivity index (χ4v) is 3.27. The Morgan fingerprint density at radius 2 is 1.80 bits per heavy atom. The van der Waals surface area contributed by atoms with Crippen LogP contribution in [0.5, 0.6) is 11.5 Å². The molecule has 7 heteroatoms. The molecule has 0 aliphatic rings. The smallest absolute Gasteiger partial charge is 0.261 e. The number of hydrogen-bond donors (Lipinski definition) is 1. The number of ether oxygens (including phenoxy) is 2. The number of carbonyl (C=O) groups excluding carboxylic acids is 1. The minimum atomic E-state index is -0.291. The van der Waals surface area contributed by atoms with E-state index in [9.17, 15) is 4.79 Å². The maximum atomic E-state index is 13.2. The first-order valence-corrected chi connectivity index (χ1v) is 9.42. The third-order valence-corrected chi connectivity index (χ3v) is 4.74. The average molecular weight is 402 g/mol. The molecule has 1 amide bonds.